The van der Waals surface area contributed by atoms with Crippen LogP contribution < -0.4 is 9.47 Å². The molecule has 1 saturated heterocycles. The van der Waals surface area contributed by atoms with E-state index in [0.29, 0.717) is 49.4 Å². The van der Waals surface area contributed by atoms with Gasteiger partial charge >= 0.3 is 5.97 Å². The maximum Gasteiger partial charge on any atom is 0.309 e. The van der Waals surface area contributed by atoms with Crippen LogP contribution >= 0.6 is 11.6 Å². The van der Waals surface area contributed by atoms with Crippen LogP contribution in [0.2, 0.25) is 5.02 Å². The highest BCUT2D eigenvalue weighted by atomic mass is 35.5. The van der Waals surface area contributed by atoms with Crippen LogP contribution in [0.1, 0.15) is 18.1 Å². The number of rotatable bonds is 8. The average Bonchev–Trinajstić information content (AvgIpc) is 2.58. The first kappa shape index (κ1) is 18.5. The quantitative estimate of drug-likeness (QED) is 0.759. The summed E-state index contributed by atoms with van der Waals surface area (Å²) in [6, 6.07) is 13.4. The standard InChI is InChI=1S/C20H22ClNO4/c1-2-25-19-9-14(10-22-11-16(12-22)20(23)24)7-8-18(19)26-13-15-5-3-4-6-17(15)21/h3-9,16H,2,10-13H2,1H3,(H,23,24). The Morgan fingerprint density at radius 2 is 1.96 bits per heavy atom. The van der Waals surface area contributed by atoms with Gasteiger partial charge in [-0.1, -0.05) is 35.9 Å². The number of nitrogens with zero attached hydrogens (tertiary/aromatic N) is 1. The molecule has 1 heterocycles. The van der Waals surface area contributed by atoms with Gasteiger partial charge in [-0.25, -0.2) is 0 Å². The van der Waals surface area contributed by atoms with Crippen molar-refractivity contribution in [2.45, 2.75) is 20.1 Å². The van der Waals surface area contributed by atoms with Crippen molar-refractivity contribution in [3.8, 4) is 11.5 Å². The molecule has 1 N–H and O–H groups in total. The summed E-state index contributed by atoms with van der Waals surface area (Å²) >= 11 is 6.17. The van der Waals surface area contributed by atoms with Gasteiger partial charge in [-0.3, -0.25) is 9.69 Å². The smallest absolute Gasteiger partial charge is 0.309 e. The van der Waals surface area contributed by atoms with E-state index in [1.165, 1.54) is 0 Å². The lowest BCUT2D eigenvalue weighted by atomic mass is 9.99. The number of hydrogen-bond donors (Lipinski definition) is 1. The Labute approximate surface area is 158 Å². The third-order valence-corrected chi connectivity index (χ3v) is 4.73. The lowest BCUT2D eigenvalue weighted by molar-refractivity contribution is -0.147. The summed E-state index contributed by atoms with van der Waals surface area (Å²) in [7, 11) is 0. The van der Waals surface area contributed by atoms with Gasteiger partial charge in [-0.05, 0) is 30.7 Å². The van der Waals surface area contributed by atoms with Crippen molar-refractivity contribution < 1.29 is 19.4 Å². The highest BCUT2D eigenvalue weighted by Gasteiger charge is 2.32. The highest BCUT2D eigenvalue weighted by molar-refractivity contribution is 6.31. The zero-order valence-corrected chi connectivity index (χ0v) is 15.4. The SMILES string of the molecule is CCOc1cc(CN2CC(C(=O)O)C2)ccc1OCc1ccccc1Cl. The fourth-order valence-corrected chi connectivity index (χ4v) is 3.11. The van der Waals surface area contributed by atoms with Gasteiger partial charge in [0.05, 0.1) is 12.5 Å². The maximum absolute atomic E-state index is 10.9. The molecule has 5 nitrogen and oxygen atoms in total. The highest BCUT2D eigenvalue weighted by Crippen LogP contribution is 2.31. The number of carbonyl (C=O) groups is 1. The molecule has 0 saturated carbocycles. The van der Waals surface area contributed by atoms with Crippen LogP contribution in [0.25, 0.3) is 0 Å². The number of halogens is 1. The number of benzene rings is 2. The molecule has 1 fully saturated rings. The van der Waals surface area contributed by atoms with Crippen molar-refractivity contribution in [2.75, 3.05) is 19.7 Å². The van der Waals surface area contributed by atoms with E-state index in [-0.39, 0.29) is 5.92 Å². The largest absolute Gasteiger partial charge is 0.490 e. The van der Waals surface area contributed by atoms with Crippen LogP contribution in [0.3, 0.4) is 0 Å². The van der Waals surface area contributed by atoms with Gasteiger partial charge in [0.1, 0.15) is 6.61 Å². The van der Waals surface area contributed by atoms with Gasteiger partial charge in [0.2, 0.25) is 0 Å². The van der Waals surface area contributed by atoms with Gasteiger partial charge in [-0.2, -0.15) is 0 Å². The normalized spacial score (nSPS) is 14.7. The molecule has 0 radical (unpaired) electrons. The lowest BCUT2D eigenvalue weighted by Gasteiger charge is -2.36. The van der Waals surface area contributed by atoms with Crippen molar-refractivity contribution in [1.29, 1.82) is 0 Å². The molecule has 0 spiro atoms. The van der Waals surface area contributed by atoms with Crippen molar-refractivity contribution in [3.63, 3.8) is 0 Å². The Bertz CT molecular complexity index is 774. The molecule has 0 atom stereocenters. The van der Waals surface area contributed by atoms with Crippen molar-refractivity contribution in [2.24, 2.45) is 5.92 Å². The predicted molar refractivity (Wildman–Crippen MR) is 99.8 cm³/mol. The number of carboxylic acid groups (broad SMARTS) is 1. The van der Waals surface area contributed by atoms with Crippen LogP contribution in [-0.4, -0.2) is 35.7 Å². The molecule has 0 aliphatic carbocycles. The lowest BCUT2D eigenvalue weighted by Crippen LogP contribution is -2.49. The molecule has 2 aromatic rings. The minimum atomic E-state index is -0.723. The molecule has 138 valence electrons. The first-order valence-corrected chi connectivity index (χ1v) is 9.01. The van der Waals surface area contributed by atoms with Crippen LogP contribution in [0.4, 0.5) is 0 Å². The average molecular weight is 376 g/mol. The molecule has 2 aromatic carbocycles. The number of hydrogen-bond acceptors (Lipinski definition) is 4. The topological polar surface area (TPSA) is 59.0 Å². The fourth-order valence-electron chi connectivity index (χ4n) is 2.92. The predicted octanol–water partition coefficient (Wildman–Crippen LogP) is 3.83. The Hall–Kier alpha value is -2.24. The Morgan fingerprint density at radius 1 is 1.19 bits per heavy atom. The second-order valence-corrected chi connectivity index (χ2v) is 6.73. The monoisotopic (exact) mass is 375 g/mol. The third-order valence-electron chi connectivity index (χ3n) is 4.36. The van der Waals surface area contributed by atoms with Crippen molar-refractivity contribution in [3.05, 3.63) is 58.6 Å². The van der Waals surface area contributed by atoms with Gasteiger partial charge in [-0.15, -0.1) is 0 Å². The summed E-state index contributed by atoms with van der Waals surface area (Å²) in [6.07, 6.45) is 0. The summed E-state index contributed by atoms with van der Waals surface area (Å²) in [5, 5.41) is 9.64. The summed E-state index contributed by atoms with van der Waals surface area (Å²) < 4.78 is 11.6. The van der Waals surface area contributed by atoms with E-state index >= 15 is 0 Å². The van der Waals surface area contributed by atoms with Crippen molar-refractivity contribution in [1.82, 2.24) is 4.90 Å². The number of carboxylic acids is 1. The maximum atomic E-state index is 10.9. The van der Waals surface area contributed by atoms with E-state index in [0.717, 1.165) is 11.1 Å². The molecule has 1 aliphatic rings. The van der Waals surface area contributed by atoms with Gasteiger partial charge in [0, 0.05) is 30.2 Å². The van der Waals surface area contributed by atoms with E-state index in [4.69, 9.17) is 26.2 Å². The minimum absolute atomic E-state index is 0.250. The van der Waals surface area contributed by atoms with Crippen molar-refractivity contribution >= 4 is 17.6 Å². The van der Waals surface area contributed by atoms with Crippen LogP contribution in [-0.2, 0) is 17.9 Å². The van der Waals surface area contributed by atoms with E-state index in [1.54, 1.807) is 0 Å². The van der Waals surface area contributed by atoms with Gasteiger partial charge in [0.25, 0.3) is 0 Å². The summed E-state index contributed by atoms with van der Waals surface area (Å²) in [6.45, 7) is 4.71. The molecular weight excluding hydrogens is 354 g/mol. The third kappa shape index (κ3) is 4.48. The Morgan fingerprint density at radius 3 is 2.65 bits per heavy atom. The van der Waals surface area contributed by atoms with E-state index in [9.17, 15) is 4.79 Å². The second kappa shape index (κ2) is 8.43. The zero-order valence-electron chi connectivity index (χ0n) is 14.7. The molecule has 0 amide bonds. The fraction of sp³-hybridized carbons (Fsp3) is 0.350. The Kier molecular flexibility index (Phi) is 6.01. The molecular formula is C20H22ClNO4. The van der Waals surface area contributed by atoms with Gasteiger partial charge < -0.3 is 14.6 Å². The molecule has 0 unspecified atom stereocenters. The summed E-state index contributed by atoms with van der Waals surface area (Å²) in [5.74, 6) is 0.383. The summed E-state index contributed by atoms with van der Waals surface area (Å²) in [4.78, 5) is 13.0. The van der Waals surface area contributed by atoms with Crippen LogP contribution in [0.15, 0.2) is 42.5 Å². The first-order valence-electron chi connectivity index (χ1n) is 8.64. The van der Waals surface area contributed by atoms with E-state index < -0.39 is 5.97 Å². The molecule has 6 heteroatoms. The molecule has 1 aliphatic heterocycles. The summed E-state index contributed by atoms with van der Waals surface area (Å²) in [5.41, 5.74) is 1.99. The molecule has 0 aromatic heterocycles. The van der Waals surface area contributed by atoms with E-state index in [2.05, 4.69) is 4.90 Å². The number of aliphatic carboxylic acids is 1. The molecule has 3 rings (SSSR count). The van der Waals surface area contributed by atoms with Crippen LogP contribution in [0, 0.1) is 5.92 Å². The Balaban J connectivity index is 1.65. The van der Waals surface area contributed by atoms with Crippen LogP contribution in [0.5, 0.6) is 11.5 Å². The minimum Gasteiger partial charge on any atom is -0.490 e. The van der Waals surface area contributed by atoms with Gasteiger partial charge in [0.15, 0.2) is 11.5 Å². The zero-order chi connectivity index (χ0) is 18.5. The molecule has 26 heavy (non-hydrogen) atoms. The first-order chi connectivity index (χ1) is 12.6. The number of ether oxygens (including phenoxy) is 2. The molecule has 0 bridgehead atoms. The second-order valence-electron chi connectivity index (χ2n) is 6.32. The number of likely N-dealkylation sites (tertiary alicyclic amines) is 1. The van der Waals surface area contributed by atoms with E-state index in [1.807, 2.05) is 49.4 Å².